The topological polar surface area (TPSA) is 76.1 Å². The molecular formula is C20H19FN4O2. The molecule has 7 heteroatoms. The molecule has 0 aliphatic heterocycles. The van der Waals surface area contributed by atoms with Gasteiger partial charge in [-0.3, -0.25) is 4.79 Å². The van der Waals surface area contributed by atoms with Crippen LogP contribution in [-0.2, 0) is 6.54 Å². The molecule has 0 saturated heterocycles. The molecule has 3 rings (SSSR count). The van der Waals surface area contributed by atoms with Crippen LogP contribution < -0.4 is 15.4 Å². The second-order valence-electron chi connectivity index (χ2n) is 5.68. The molecule has 6 nitrogen and oxygen atoms in total. The highest BCUT2D eigenvalue weighted by Crippen LogP contribution is 2.16. The molecule has 0 unspecified atom stereocenters. The minimum atomic E-state index is -0.341. The van der Waals surface area contributed by atoms with Gasteiger partial charge in [-0.2, -0.15) is 0 Å². The van der Waals surface area contributed by atoms with Crippen molar-refractivity contribution in [1.82, 2.24) is 9.97 Å². The zero-order valence-electron chi connectivity index (χ0n) is 14.8. The number of benzene rings is 2. The summed E-state index contributed by atoms with van der Waals surface area (Å²) < 4.78 is 18.3. The van der Waals surface area contributed by atoms with Gasteiger partial charge in [-0.05, 0) is 48.9 Å². The minimum Gasteiger partial charge on any atom is -0.494 e. The largest absolute Gasteiger partial charge is 0.494 e. The molecule has 0 aliphatic rings. The van der Waals surface area contributed by atoms with Crippen molar-refractivity contribution in [2.45, 2.75) is 13.5 Å². The molecule has 1 heterocycles. The first-order chi connectivity index (χ1) is 13.1. The maximum absolute atomic E-state index is 12.9. The van der Waals surface area contributed by atoms with E-state index >= 15 is 0 Å². The number of hydrogen-bond acceptors (Lipinski definition) is 5. The average molecular weight is 366 g/mol. The molecule has 0 atom stereocenters. The van der Waals surface area contributed by atoms with Crippen molar-refractivity contribution in [1.29, 1.82) is 0 Å². The number of aromatic nitrogens is 2. The normalized spacial score (nSPS) is 10.3. The van der Waals surface area contributed by atoms with E-state index in [0.29, 0.717) is 24.7 Å². The number of carbonyl (C=O) groups is 1. The summed E-state index contributed by atoms with van der Waals surface area (Å²) in [6.45, 7) is 2.95. The van der Waals surface area contributed by atoms with Crippen LogP contribution in [0.1, 0.15) is 23.0 Å². The Bertz CT molecular complexity index is 899. The van der Waals surface area contributed by atoms with Gasteiger partial charge in [0.2, 0.25) is 0 Å². The van der Waals surface area contributed by atoms with Gasteiger partial charge in [0, 0.05) is 18.3 Å². The van der Waals surface area contributed by atoms with Crippen molar-refractivity contribution in [3.63, 3.8) is 0 Å². The number of amides is 1. The molecule has 0 bridgehead atoms. The van der Waals surface area contributed by atoms with Gasteiger partial charge in [-0.1, -0.05) is 12.1 Å². The maximum atomic E-state index is 12.9. The van der Waals surface area contributed by atoms with Crippen molar-refractivity contribution in [2.24, 2.45) is 0 Å². The molecule has 138 valence electrons. The Labute approximate surface area is 156 Å². The van der Waals surface area contributed by atoms with E-state index in [9.17, 15) is 9.18 Å². The van der Waals surface area contributed by atoms with E-state index in [4.69, 9.17) is 4.74 Å². The van der Waals surface area contributed by atoms with E-state index in [1.54, 1.807) is 42.5 Å². The second kappa shape index (κ2) is 8.75. The summed E-state index contributed by atoms with van der Waals surface area (Å²) in [7, 11) is 0. The minimum absolute atomic E-state index is 0.237. The highest BCUT2D eigenvalue weighted by molar-refractivity contribution is 6.03. The number of nitrogens with zero attached hydrogens (tertiary/aromatic N) is 2. The van der Waals surface area contributed by atoms with Gasteiger partial charge in [-0.15, -0.1) is 0 Å². The highest BCUT2D eigenvalue weighted by Gasteiger charge is 2.09. The van der Waals surface area contributed by atoms with E-state index in [-0.39, 0.29) is 17.4 Å². The Kier molecular flexibility index (Phi) is 5.94. The number of ether oxygens (including phenoxy) is 1. The predicted octanol–water partition coefficient (Wildman–Crippen LogP) is 3.88. The lowest BCUT2D eigenvalue weighted by Gasteiger charge is -2.09. The van der Waals surface area contributed by atoms with Crippen LogP contribution in [0.15, 0.2) is 60.9 Å². The number of nitrogens with one attached hydrogen (secondary N) is 2. The lowest BCUT2D eigenvalue weighted by atomic mass is 10.2. The molecule has 0 spiro atoms. The fraction of sp³-hybridized carbons (Fsp3) is 0.150. The number of halogens is 1. The zero-order chi connectivity index (χ0) is 19.1. The van der Waals surface area contributed by atoms with Crippen LogP contribution in [0.4, 0.5) is 15.9 Å². The quantitative estimate of drug-likeness (QED) is 0.664. The van der Waals surface area contributed by atoms with Gasteiger partial charge in [-0.25, -0.2) is 14.4 Å². The number of hydrogen-bond donors (Lipinski definition) is 2. The summed E-state index contributed by atoms with van der Waals surface area (Å²) in [4.78, 5) is 20.5. The van der Waals surface area contributed by atoms with Crippen LogP contribution in [0.2, 0.25) is 0 Å². The monoisotopic (exact) mass is 366 g/mol. The highest BCUT2D eigenvalue weighted by atomic mass is 19.1. The summed E-state index contributed by atoms with van der Waals surface area (Å²) >= 11 is 0. The summed E-state index contributed by atoms with van der Waals surface area (Å²) in [5.74, 6) is 0.622. The van der Waals surface area contributed by atoms with Crippen LogP contribution in [0.3, 0.4) is 0 Å². The van der Waals surface area contributed by atoms with E-state index in [2.05, 4.69) is 20.6 Å². The molecule has 1 amide bonds. The van der Waals surface area contributed by atoms with Crippen molar-refractivity contribution < 1.29 is 13.9 Å². The van der Waals surface area contributed by atoms with E-state index in [0.717, 1.165) is 11.3 Å². The third kappa shape index (κ3) is 5.24. The first-order valence-corrected chi connectivity index (χ1v) is 8.48. The van der Waals surface area contributed by atoms with Crippen LogP contribution >= 0.6 is 0 Å². The fourth-order valence-corrected chi connectivity index (χ4v) is 2.37. The first-order valence-electron chi connectivity index (χ1n) is 8.48. The maximum Gasteiger partial charge on any atom is 0.274 e. The van der Waals surface area contributed by atoms with Gasteiger partial charge >= 0.3 is 0 Å². The molecule has 0 saturated carbocycles. The van der Waals surface area contributed by atoms with Gasteiger partial charge in [0.05, 0.1) is 6.61 Å². The SMILES string of the molecule is CCOc1ccc(NC(=O)c2cc(NCc3ccc(F)cc3)ncn2)cc1. The lowest BCUT2D eigenvalue weighted by Crippen LogP contribution is -2.14. The summed E-state index contributed by atoms with van der Waals surface area (Å²) in [6, 6.07) is 14.8. The fourth-order valence-electron chi connectivity index (χ4n) is 2.37. The number of carbonyl (C=O) groups excluding carboxylic acids is 1. The zero-order valence-corrected chi connectivity index (χ0v) is 14.8. The molecule has 2 aromatic carbocycles. The first kappa shape index (κ1) is 18.3. The van der Waals surface area contributed by atoms with Gasteiger partial charge < -0.3 is 15.4 Å². The van der Waals surface area contributed by atoms with E-state index in [1.807, 2.05) is 6.92 Å². The van der Waals surface area contributed by atoms with Crippen LogP contribution in [0.25, 0.3) is 0 Å². The van der Waals surface area contributed by atoms with Crippen molar-refractivity contribution >= 4 is 17.4 Å². The Hall–Kier alpha value is -3.48. The van der Waals surface area contributed by atoms with Gasteiger partial charge in [0.15, 0.2) is 0 Å². The van der Waals surface area contributed by atoms with Gasteiger partial charge in [0.1, 0.15) is 29.4 Å². The van der Waals surface area contributed by atoms with Crippen LogP contribution in [0, 0.1) is 5.82 Å². The summed E-state index contributed by atoms with van der Waals surface area (Å²) in [5, 5.41) is 5.87. The third-order valence-corrected chi connectivity index (χ3v) is 3.71. The summed E-state index contributed by atoms with van der Waals surface area (Å²) in [5.41, 5.74) is 1.78. The van der Waals surface area contributed by atoms with Gasteiger partial charge in [0.25, 0.3) is 5.91 Å². The third-order valence-electron chi connectivity index (χ3n) is 3.71. The van der Waals surface area contributed by atoms with Crippen molar-refractivity contribution in [3.8, 4) is 5.75 Å². The van der Waals surface area contributed by atoms with Crippen molar-refractivity contribution in [3.05, 3.63) is 78.0 Å². The van der Waals surface area contributed by atoms with E-state index < -0.39 is 0 Å². The Balaban J connectivity index is 1.61. The lowest BCUT2D eigenvalue weighted by molar-refractivity contribution is 0.102. The Morgan fingerprint density at radius 3 is 2.52 bits per heavy atom. The summed E-state index contributed by atoms with van der Waals surface area (Å²) in [6.07, 6.45) is 1.32. The number of anilines is 2. The predicted molar refractivity (Wildman–Crippen MR) is 101 cm³/mol. The molecule has 0 aliphatic carbocycles. The Morgan fingerprint density at radius 2 is 1.81 bits per heavy atom. The Morgan fingerprint density at radius 1 is 1.07 bits per heavy atom. The molecule has 3 aromatic rings. The second-order valence-corrected chi connectivity index (χ2v) is 5.68. The molecular weight excluding hydrogens is 347 g/mol. The standard InChI is InChI=1S/C20H19FN4O2/c1-2-27-17-9-7-16(8-10-17)25-20(26)18-11-19(24-13-23-18)22-12-14-3-5-15(21)6-4-14/h3-11,13H,2,12H2,1H3,(H,25,26)(H,22,23,24). The molecule has 27 heavy (non-hydrogen) atoms. The molecule has 0 radical (unpaired) electrons. The van der Waals surface area contributed by atoms with Crippen LogP contribution in [-0.4, -0.2) is 22.5 Å². The smallest absolute Gasteiger partial charge is 0.274 e. The number of rotatable bonds is 7. The molecule has 1 aromatic heterocycles. The average Bonchev–Trinajstić information content (AvgIpc) is 2.69. The molecule has 0 fully saturated rings. The van der Waals surface area contributed by atoms with Crippen molar-refractivity contribution in [2.75, 3.05) is 17.2 Å². The van der Waals surface area contributed by atoms with Crippen LogP contribution in [0.5, 0.6) is 5.75 Å². The van der Waals surface area contributed by atoms with E-state index in [1.165, 1.54) is 18.5 Å². The molecule has 2 N–H and O–H groups in total.